The Balaban J connectivity index is 1.89. The van der Waals surface area contributed by atoms with E-state index in [1.807, 2.05) is 19.9 Å². The first-order chi connectivity index (χ1) is 11.4. The van der Waals surface area contributed by atoms with E-state index in [1.165, 1.54) is 11.6 Å². The third kappa shape index (κ3) is 3.32. The van der Waals surface area contributed by atoms with Crippen molar-refractivity contribution in [1.82, 2.24) is 0 Å². The number of phenolic OH excluding ortho intramolecular Hbond substituents is 3. The van der Waals surface area contributed by atoms with Crippen LogP contribution in [0.25, 0.3) is 0 Å². The average Bonchev–Trinajstić information content (AvgIpc) is 2.52. The van der Waals surface area contributed by atoms with Gasteiger partial charge in [-0.3, -0.25) is 0 Å². The Morgan fingerprint density at radius 2 is 1.92 bits per heavy atom. The number of allylic oxidation sites excluding steroid dienone is 2. The molecule has 0 saturated heterocycles. The molecule has 1 unspecified atom stereocenters. The largest absolute Gasteiger partial charge is 0.508 e. The maximum atomic E-state index is 10.2. The van der Waals surface area contributed by atoms with Gasteiger partial charge in [0.1, 0.15) is 23.0 Å². The van der Waals surface area contributed by atoms with E-state index in [4.69, 9.17) is 4.74 Å². The smallest absolute Gasteiger partial charge is 0.126 e. The molecular weight excluding hydrogens is 304 g/mol. The van der Waals surface area contributed by atoms with Crippen molar-refractivity contribution < 1.29 is 20.1 Å². The van der Waals surface area contributed by atoms with Gasteiger partial charge >= 0.3 is 0 Å². The summed E-state index contributed by atoms with van der Waals surface area (Å²) in [6.07, 6.45) is 3.47. The Morgan fingerprint density at radius 1 is 1.12 bits per heavy atom. The summed E-state index contributed by atoms with van der Waals surface area (Å²) in [7, 11) is 0. The molecule has 0 fully saturated rings. The second-order valence-corrected chi connectivity index (χ2v) is 6.53. The number of hydrogen-bond donors (Lipinski definition) is 3. The Kier molecular flexibility index (Phi) is 4.38. The normalized spacial score (nSPS) is 16.2. The van der Waals surface area contributed by atoms with Crippen LogP contribution in [0.3, 0.4) is 0 Å². The number of fused-ring (bicyclic) bond motifs is 1. The molecule has 2 aromatic rings. The van der Waals surface area contributed by atoms with E-state index in [0.29, 0.717) is 18.8 Å². The molecule has 0 saturated carbocycles. The van der Waals surface area contributed by atoms with Crippen LogP contribution in [0.4, 0.5) is 0 Å². The standard InChI is InChI=1S/C20H22O4/c1-12(2)3-4-13-7-14-8-15(11-24-20(14)10-18(13)22)17-6-5-16(21)9-19(17)23/h3,5-7,9-10,15,21-23H,4,8,11H2,1-2H3. The van der Waals surface area contributed by atoms with Crippen molar-refractivity contribution in [1.29, 1.82) is 0 Å². The first-order valence-corrected chi connectivity index (χ1v) is 8.07. The molecule has 0 aromatic heterocycles. The summed E-state index contributed by atoms with van der Waals surface area (Å²) in [6.45, 7) is 4.49. The summed E-state index contributed by atoms with van der Waals surface area (Å²) < 4.78 is 5.79. The third-order valence-electron chi connectivity index (χ3n) is 4.35. The lowest BCUT2D eigenvalue weighted by Gasteiger charge is -2.27. The highest BCUT2D eigenvalue weighted by atomic mass is 16.5. The van der Waals surface area contributed by atoms with E-state index in [0.717, 1.165) is 23.1 Å². The molecule has 24 heavy (non-hydrogen) atoms. The van der Waals surface area contributed by atoms with Crippen molar-refractivity contribution in [2.45, 2.75) is 32.6 Å². The van der Waals surface area contributed by atoms with E-state index in [1.54, 1.807) is 18.2 Å². The van der Waals surface area contributed by atoms with Crippen LogP contribution in [-0.2, 0) is 12.8 Å². The lowest BCUT2D eigenvalue weighted by molar-refractivity contribution is 0.258. The van der Waals surface area contributed by atoms with Gasteiger partial charge in [-0.05, 0) is 49.9 Å². The maximum absolute atomic E-state index is 10.2. The van der Waals surface area contributed by atoms with Crippen LogP contribution < -0.4 is 4.74 Å². The molecule has 0 bridgehead atoms. The van der Waals surface area contributed by atoms with E-state index in [9.17, 15) is 15.3 Å². The Morgan fingerprint density at radius 3 is 2.62 bits per heavy atom. The summed E-state index contributed by atoms with van der Waals surface area (Å²) in [4.78, 5) is 0. The van der Waals surface area contributed by atoms with Gasteiger partial charge < -0.3 is 20.1 Å². The fourth-order valence-corrected chi connectivity index (χ4v) is 3.03. The van der Waals surface area contributed by atoms with Gasteiger partial charge in [0.2, 0.25) is 0 Å². The zero-order chi connectivity index (χ0) is 17.3. The fourth-order valence-electron chi connectivity index (χ4n) is 3.03. The molecule has 0 radical (unpaired) electrons. The summed E-state index contributed by atoms with van der Waals surface area (Å²) in [5.41, 5.74) is 3.86. The third-order valence-corrected chi connectivity index (χ3v) is 4.35. The lowest BCUT2D eigenvalue weighted by atomic mass is 9.88. The minimum absolute atomic E-state index is 0.0129. The van der Waals surface area contributed by atoms with Crippen LogP contribution in [0.5, 0.6) is 23.0 Å². The van der Waals surface area contributed by atoms with Gasteiger partial charge in [0.25, 0.3) is 0 Å². The monoisotopic (exact) mass is 326 g/mol. The van der Waals surface area contributed by atoms with Gasteiger partial charge in [-0.25, -0.2) is 0 Å². The van der Waals surface area contributed by atoms with Crippen molar-refractivity contribution in [3.8, 4) is 23.0 Å². The lowest BCUT2D eigenvalue weighted by Crippen LogP contribution is -2.19. The second-order valence-electron chi connectivity index (χ2n) is 6.53. The van der Waals surface area contributed by atoms with E-state index in [-0.39, 0.29) is 23.2 Å². The molecule has 2 aromatic carbocycles. The van der Waals surface area contributed by atoms with Crippen LogP contribution in [0.15, 0.2) is 42.0 Å². The van der Waals surface area contributed by atoms with Crippen LogP contribution >= 0.6 is 0 Å². The molecule has 3 rings (SSSR count). The zero-order valence-electron chi connectivity index (χ0n) is 13.9. The first kappa shape index (κ1) is 16.2. The highest BCUT2D eigenvalue weighted by Crippen LogP contribution is 2.39. The number of ether oxygens (including phenoxy) is 1. The van der Waals surface area contributed by atoms with Gasteiger partial charge in [-0.2, -0.15) is 0 Å². The number of benzene rings is 2. The van der Waals surface area contributed by atoms with Crippen molar-refractivity contribution in [3.05, 3.63) is 58.7 Å². The van der Waals surface area contributed by atoms with Crippen LogP contribution in [0, 0.1) is 0 Å². The van der Waals surface area contributed by atoms with Crippen LogP contribution in [0.2, 0.25) is 0 Å². The summed E-state index contributed by atoms with van der Waals surface area (Å²) in [5.74, 6) is 1.08. The number of phenols is 3. The Hall–Kier alpha value is -2.62. The quantitative estimate of drug-likeness (QED) is 0.745. The van der Waals surface area contributed by atoms with Crippen molar-refractivity contribution in [2.24, 2.45) is 0 Å². The molecule has 4 heteroatoms. The molecule has 1 heterocycles. The molecule has 3 N–H and O–H groups in total. The molecule has 126 valence electrons. The van der Waals surface area contributed by atoms with E-state index in [2.05, 4.69) is 6.08 Å². The molecule has 1 atom stereocenters. The zero-order valence-corrected chi connectivity index (χ0v) is 13.9. The summed E-state index contributed by atoms with van der Waals surface area (Å²) in [5, 5.41) is 29.7. The van der Waals surface area contributed by atoms with Gasteiger partial charge in [0.05, 0.1) is 6.61 Å². The van der Waals surface area contributed by atoms with Gasteiger partial charge in [0.15, 0.2) is 0 Å². The minimum Gasteiger partial charge on any atom is -0.508 e. The van der Waals surface area contributed by atoms with Crippen molar-refractivity contribution in [3.63, 3.8) is 0 Å². The molecule has 1 aliphatic rings. The number of aromatic hydroxyl groups is 3. The number of hydrogen-bond acceptors (Lipinski definition) is 4. The fraction of sp³-hybridized carbons (Fsp3) is 0.300. The molecule has 4 nitrogen and oxygen atoms in total. The van der Waals surface area contributed by atoms with Crippen molar-refractivity contribution >= 4 is 0 Å². The molecule has 0 aliphatic carbocycles. The molecule has 1 aliphatic heterocycles. The predicted molar refractivity (Wildman–Crippen MR) is 93.0 cm³/mol. The van der Waals surface area contributed by atoms with Gasteiger partial charge in [-0.1, -0.05) is 17.7 Å². The Bertz CT molecular complexity index is 788. The van der Waals surface area contributed by atoms with Crippen LogP contribution in [0.1, 0.15) is 36.5 Å². The van der Waals surface area contributed by atoms with Gasteiger partial charge in [-0.15, -0.1) is 0 Å². The molecule has 0 amide bonds. The van der Waals surface area contributed by atoms with Crippen LogP contribution in [-0.4, -0.2) is 21.9 Å². The van der Waals surface area contributed by atoms with Gasteiger partial charge in [0, 0.05) is 23.6 Å². The summed E-state index contributed by atoms with van der Waals surface area (Å²) in [6, 6.07) is 8.31. The first-order valence-electron chi connectivity index (χ1n) is 8.07. The Labute approximate surface area is 141 Å². The highest BCUT2D eigenvalue weighted by Gasteiger charge is 2.25. The van der Waals surface area contributed by atoms with E-state index >= 15 is 0 Å². The topological polar surface area (TPSA) is 69.9 Å². The average molecular weight is 326 g/mol. The predicted octanol–water partition coefficient (Wildman–Crippen LogP) is 4.03. The second kappa shape index (κ2) is 6.48. The minimum atomic E-state index is 0.0129. The SMILES string of the molecule is CC(C)=CCc1cc2c(cc1O)OCC(c1ccc(O)cc1O)C2. The van der Waals surface area contributed by atoms with E-state index < -0.39 is 0 Å². The maximum Gasteiger partial charge on any atom is 0.126 e. The van der Waals surface area contributed by atoms with Crippen molar-refractivity contribution in [2.75, 3.05) is 6.61 Å². The molecule has 0 spiro atoms. The molecular formula is C20H22O4. The highest BCUT2D eigenvalue weighted by molar-refractivity contribution is 5.50. The summed E-state index contributed by atoms with van der Waals surface area (Å²) >= 11 is 0. The number of rotatable bonds is 3.